The summed E-state index contributed by atoms with van der Waals surface area (Å²) in [6.45, 7) is 7.76. The van der Waals surface area contributed by atoms with Gasteiger partial charge in [-0.25, -0.2) is 0 Å². The summed E-state index contributed by atoms with van der Waals surface area (Å²) in [5, 5.41) is 8.07. The highest BCUT2D eigenvalue weighted by atomic mass is 15.3. The molecular formula is C14H25N3. The van der Waals surface area contributed by atoms with Crippen LogP contribution < -0.4 is 5.32 Å². The van der Waals surface area contributed by atoms with Gasteiger partial charge in [0, 0.05) is 19.6 Å². The van der Waals surface area contributed by atoms with Crippen molar-refractivity contribution >= 4 is 0 Å². The van der Waals surface area contributed by atoms with Crippen LogP contribution in [0.3, 0.4) is 0 Å². The van der Waals surface area contributed by atoms with Gasteiger partial charge in [-0.1, -0.05) is 20.3 Å². The van der Waals surface area contributed by atoms with Gasteiger partial charge in [-0.05, 0) is 37.7 Å². The molecule has 0 amide bonds. The molecule has 0 radical (unpaired) electrons. The topological polar surface area (TPSA) is 29.9 Å². The SMILES string of the molecule is Cc1cc(CNC2CCCC(C)(C)C2)n(C)n1. The van der Waals surface area contributed by atoms with Crippen LogP contribution in [-0.2, 0) is 13.6 Å². The first kappa shape index (κ1) is 12.6. The smallest absolute Gasteiger partial charge is 0.0597 e. The van der Waals surface area contributed by atoms with E-state index in [1.165, 1.54) is 31.4 Å². The van der Waals surface area contributed by atoms with Gasteiger partial charge in [-0.15, -0.1) is 0 Å². The van der Waals surface area contributed by atoms with E-state index in [0.717, 1.165) is 12.2 Å². The Kier molecular flexibility index (Phi) is 3.57. The molecule has 1 aromatic rings. The molecular weight excluding hydrogens is 210 g/mol. The maximum atomic E-state index is 4.38. The fourth-order valence-corrected chi connectivity index (χ4v) is 2.95. The summed E-state index contributed by atoms with van der Waals surface area (Å²) < 4.78 is 1.98. The largest absolute Gasteiger partial charge is 0.308 e. The minimum atomic E-state index is 0.512. The first-order chi connectivity index (χ1) is 7.96. The lowest BCUT2D eigenvalue weighted by Crippen LogP contribution is -2.37. The van der Waals surface area contributed by atoms with E-state index in [4.69, 9.17) is 0 Å². The Balaban J connectivity index is 1.88. The third-order valence-corrected chi connectivity index (χ3v) is 3.88. The van der Waals surface area contributed by atoms with Crippen molar-refractivity contribution < 1.29 is 0 Å². The van der Waals surface area contributed by atoms with E-state index in [0.29, 0.717) is 11.5 Å². The molecule has 1 unspecified atom stereocenters. The van der Waals surface area contributed by atoms with E-state index in [9.17, 15) is 0 Å². The molecule has 3 heteroatoms. The van der Waals surface area contributed by atoms with Gasteiger partial charge in [-0.3, -0.25) is 4.68 Å². The molecule has 3 nitrogen and oxygen atoms in total. The Morgan fingerprint density at radius 1 is 1.53 bits per heavy atom. The van der Waals surface area contributed by atoms with Crippen molar-refractivity contribution in [1.82, 2.24) is 15.1 Å². The Labute approximate surface area is 105 Å². The molecule has 1 atom stereocenters. The molecule has 1 N–H and O–H groups in total. The van der Waals surface area contributed by atoms with E-state index in [1.54, 1.807) is 0 Å². The van der Waals surface area contributed by atoms with Crippen LogP contribution in [0.15, 0.2) is 6.07 Å². The van der Waals surface area contributed by atoms with Crippen LogP contribution in [0.1, 0.15) is 50.9 Å². The third kappa shape index (κ3) is 3.32. The number of aromatic nitrogens is 2. The zero-order valence-electron chi connectivity index (χ0n) is 11.6. The Morgan fingerprint density at radius 2 is 2.29 bits per heavy atom. The van der Waals surface area contributed by atoms with Gasteiger partial charge >= 0.3 is 0 Å². The van der Waals surface area contributed by atoms with Gasteiger partial charge in [0.1, 0.15) is 0 Å². The predicted octanol–water partition coefficient (Wildman–Crippen LogP) is 2.79. The number of nitrogens with zero attached hydrogens (tertiary/aromatic N) is 2. The molecule has 0 aromatic carbocycles. The number of rotatable bonds is 3. The lowest BCUT2D eigenvalue weighted by Gasteiger charge is -2.35. The Bertz CT molecular complexity index is 379. The average molecular weight is 235 g/mol. The lowest BCUT2D eigenvalue weighted by molar-refractivity contribution is 0.197. The second-order valence-corrected chi connectivity index (χ2v) is 6.24. The van der Waals surface area contributed by atoms with Crippen molar-refractivity contribution in [1.29, 1.82) is 0 Å². The fraction of sp³-hybridized carbons (Fsp3) is 0.786. The highest BCUT2D eigenvalue weighted by molar-refractivity contribution is 5.08. The van der Waals surface area contributed by atoms with Gasteiger partial charge < -0.3 is 5.32 Å². The number of aryl methyl sites for hydroxylation is 2. The highest BCUT2D eigenvalue weighted by Gasteiger charge is 2.27. The van der Waals surface area contributed by atoms with Gasteiger partial charge in [0.15, 0.2) is 0 Å². The molecule has 2 rings (SSSR count). The minimum absolute atomic E-state index is 0.512. The molecule has 0 saturated heterocycles. The minimum Gasteiger partial charge on any atom is -0.308 e. The summed E-state index contributed by atoms with van der Waals surface area (Å²) in [5.74, 6) is 0. The van der Waals surface area contributed by atoms with Gasteiger partial charge in [0.25, 0.3) is 0 Å². The quantitative estimate of drug-likeness (QED) is 0.873. The summed E-state index contributed by atoms with van der Waals surface area (Å²) in [6.07, 6.45) is 5.34. The molecule has 1 aromatic heterocycles. The van der Waals surface area contributed by atoms with E-state index in [-0.39, 0.29) is 0 Å². The van der Waals surface area contributed by atoms with E-state index >= 15 is 0 Å². The van der Waals surface area contributed by atoms with Gasteiger partial charge in [-0.2, -0.15) is 5.10 Å². The summed E-state index contributed by atoms with van der Waals surface area (Å²) in [5.41, 5.74) is 2.90. The van der Waals surface area contributed by atoms with E-state index in [1.807, 2.05) is 18.7 Å². The van der Waals surface area contributed by atoms with Crippen molar-refractivity contribution in [3.05, 3.63) is 17.5 Å². The summed E-state index contributed by atoms with van der Waals surface area (Å²) >= 11 is 0. The molecule has 96 valence electrons. The number of nitrogens with one attached hydrogen (secondary N) is 1. The molecule has 0 spiro atoms. The Hall–Kier alpha value is -0.830. The second kappa shape index (κ2) is 4.81. The van der Waals surface area contributed by atoms with Crippen molar-refractivity contribution in [2.24, 2.45) is 12.5 Å². The van der Waals surface area contributed by atoms with Crippen LogP contribution in [-0.4, -0.2) is 15.8 Å². The van der Waals surface area contributed by atoms with Crippen LogP contribution >= 0.6 is 0 Å². The third-order valence-electron chi connectivity index (χ3n) is 3.88. The average Bonchev–Trinajstić information content (AvgIpc) is 2.53. The van der Waals surface area contributed by atoms with Crippen molar-refractivity contribution in [3.8, 4) is 0 Å². The fourth-order valence-electron chi connectivity index (χ4n) is 2.95. The number of hydrogen-bond donors (Lipinski definition) is 1. The molecule has 0 bridgehead atoms. The normalized spacial score (nSPS) is 23.9. The summed E-state index contributed by atoms with van der Waals surface area (Å²) in [6, 6.07) is 2.84. The van der Waals surface area contributed by atoms with Gasteiger partial charge in [0.2, 0.25) is 0 Å². The van der Waals surface area contributed by atoms with Crippen molar-refractivity contribution in [3.63, 3.8) is 0 Å². The van der Waals surface area contributed by atoms with Crippen molar-refractivity contribution in [2.75, 3.05) is 0 Å². The molecule has 1 aliphatic carbocycles. The van der Waals surface area contributed by atoms with E-state index in [2.05, 4.69) is 30.3 Å². The Morgan fingerprint density at radius 3 is 2.88 bits per heavy atom. The molecule has 0 aliphatic heterocycles. The molecule has 1 aliphatic rings. The maximum Gasteiger partial charge on any atom is 0.0597 e. The van der Waals surface area contributed by atoms with Gasteiger partial charge in [0.05, 0.1) is 11.4 Å². The number of hydrogen-bond acceptors (Lipinski definition) is 2. The first-order valence-electron chi connectivity index (χ1n) is 6.69. The van der Waals surface area contributed by atoms with Crippen LogP contribution in [0.5, 0.6) is 0 Å². The van der Waals surface area contributed by atoms with Crippen LogP contribution in [0.4, 0.5) is 0 Å². The van der Waals surface area contributed by atoms with Crippen LogP contribution in [0.25, 0.3) is 0 Å². The molecule has 1 saturated carbocycles. The van der Waals surface area contributed by atoms with E-state index < -0.39 is 0 Å². The van der Waals surface area contributed by atoms with Crippen LogP contribution in [0, 0.1) is 12.3 Å². The summed E-state index contributed by atoms with van der Waals surface area (Å²) in [7, 11) is 2.02. The standard InChI is InChI=1S/C14H25N3/c1-11-8-13(17(4)16-11)10-15-12-6-5-7-14(2,3)9-12/h8,12,15H,5-7,9-10H2,1-4H3. The van der Waals surface area contributed by atoms with Crippen molar-refractivity contribution in [2.45, 2.75) is 59.0 Å². The lowest BCUT2D eigenvalue weighted by atomic mass is 9.75. The maximum absolute atomic E-state index is 4.38. The second-order valence-electron chi connectivity index (χ2n) is 6.24. The molecule has 1 fully saturated rings. The first-order valence-corrected chi connectivity index (χ1v) is 6.69. The zero-order valence-corrected chi connectivity index (χ0v) is 11.6. The molecule has 17 heavy (non-hydrogen) atoms. The zero-order chi connectivity index (χ0) is 12.5. The monoisotopic (exact) mass is 235 g/mol. The predicted molar refractivity (Wildman–Crippen MR) is 70.8 cm³/mol. The summed E-state index contributed by atoms with van der Waals surface area (Å²) in [4.78, 5) is 0. The molecule has 1 heterocycles. The highest BCUT2D eigenvalue weighted by Crippen LogP contribution is 2.35. The van der Waals surface area contributed by atoms with Crippen LogP contribution in [0.2, 0.25) is 0 Å².